The van der Waals surface area contributed by atoms with Gasteiger partial charge in [-0.05, 0) is 44.1 Å². The summed E-state index contributed by atoms with van der Waals surface area (Å²) in [4.78, 5) is 0. The van der Waals surface area contributed by atoms with E-state index < -0.39 is 0 Å². The minimum absolute atomic E-state index is 0.824. The third-order valence-electron chi connectivity index (χ3n) is 4.18. The van der Waals surface area contributed by atoms with Gasteiger partial charge in [-0.25, -0.2) is 0 Å². The average Bonchev–Trinajstić information content (AvgIpc) is 2.30. The molecule has 0 aromatic rings. The summed E-state index contributed by atoms with van der Waals surface area (Å²) in [6, 6.07) is 0.824. The van der Waals surface area contributed by atoms with Crippen molar-refractivity contribution in [3.05, 3.63) is 0 Å². The first kappa shape index (κ1) is 14.0. The molecule has 0 aromatic heterocycles. The fourth-order valence-corrected chi connectivity index (χ4v) is 3.35. The van der Waals surface area contributed by atoms with E-state index in [1.807, 2.05) is 0 Å². The summed E-state index contributed by atoms with van der Waals surface area (Å²) in [6.07, 6.45) is 11.4. The maximum atomic E-state index is 3.71. The van der Waals surface area contributed by atoms with Gasteiger partial charge in [0.05, 0.1) is 0 Å². The number of rotatable bonds is 7. The van der Waals surface area contributed by atoms with Crippen molar-refractivity contribution in [2.75, 3.05) is 6.54 Å². The highest BCUT2D eigenvalue weighted by Crippen LogP contribution is 2.34. The molecule has 1 saturated carbocycles. The van der Waals surface area contributed by atoms with Crippen molar-refractivity contribution in [1.29, 1.82) is 0 Å². The first-order valence-corrected chi connectivity index (χ1v) is 7.55. The van der Waals surface area contributed by atoms with Crippen LogP contribution in [0.3, 0.4) is 0 Å². The van der Waals surface area contributed by atoms with E-state index in [9.17, 15) is 0 Å². The molecular weight excluding hydrogens is 194 g/mol. The van der Waals surface area contributed by atoms with Crippen molar-refractivity contribution in [2.45, 2.75) is 78.2 Å². The normalized spacial score (nSPS) is 30.6. The molecule has 0 heterocycles. The van der Waals surface area contributed by atoms with Crippen LogP contribution in [0.5, 0.6) is 0 Å². The smallest absolute Gasteiger partial charge is 0.00954 e. The molecule has 3 atom stereocenters. The van der Waals surface area contributed by atoms with Crippen molar-refractivity contribution in [3.63, 3.8) is 0 Å². The average molecular weight is 225 g/mol. The summed E-state index contributed by atoms with van der Waals surface area (Å²) in [5, 5.41) is 3.71. The molecule has 1 aliphatic carbocycles. The van der Waals surface area contributed by atoms with Crippen molar-refractivity contribution < 1.29 is 0 Å². The first-order chi connectivity index (χ1) is 7.81. The second kappa shape index (κ2) is 8.11. The molecule has 0 radical (unpaired) electrons. The molecule has 1 heteroatoms. The number of unbranched alkanes of at least 4 members (excludes halogenated alkanes) is 1. The van der Waals surface area contributed by atoms with Crippen LogP contribution in [0.4, 0.5) is 0 Å². The molecule has 0 spiro atoms. The lowest BCUT2D eigenvalue weighted by Gasteiger charge is -2.37. The topological polar surface area (TPSA) is 12.0 Å². The maximum Gasteiger partial charge on any atom is 0.00954 e. The molecule has 0 amide bonds. The van der Waals surface area contributed by atoms with Gasteiger partial charge in [0.2, 0.25) is 0 Å². The van der Waals surface area contributed by atoms with Gasteiger partial charge in [-0.3, -0.25) is 0 Å². The Morgan fingerprint density at radius 1 is 1.00 bits per heavy atom. The van der Waals surface area contributed by atoms with Gasteiger partial charge in [-0.2, -0.15) is 0 Å². The summed E-state index contributed by atoms with van der Waals surface area (Å²) >= 11 is 0. The van der Waals surface area contributed by atoms with Gasteiger partial charge in [-0.1, -0.05) is 46.5 Å². The zero-order valence-electron chi connectivity index (χ0n) is 11.6. The highest BCUT2D eigenvalue weighted by atomic mass is 14.9. The van der Waals surface area contributed by atoms with Crippen molar-refractivity contribution >= 4 is 0 Å². The van der Waals surface area contributed by atoms with E-state index in [0.717, 1.165) is 24.4 Å². The monoisotopic (exact) mass is 225 g/mol. The van der Waals surface area contributed by atoms with Crippen molar-refractivity contribution in [2.24, 2.45) is 11.8 Å². The lowest BCUT2D eigenvalue weighted by Crippen LogP contribution is -2.40. The van der Waals surface area contributed by atoms with E-state index in [1.54, 1.807) is 0 Å². The van der Waals surface area contributed by atoms with Gasteiger partial charge in [0.25, 0.3) is 0 Å². The van der Waals surface area contributed by atoms with Gasteiger partial charge in [0, 0.05) is 6.04 Å². The molecular formula is C15H31N. The Labute approximate surface area is 102 Å². The maximum absolute atomic E-state index is 3.71. The summed E-state index contributed by atoms with van der Waals surface area (Å²) < 4.78 is 0. The standard InChI is InChI=1S/C15H31N/c1-4-7-9-14-12-13(8-5-2)10-11-15(14)16-6-3/h13-16H,4-12H2,1-3H3. The van der Waals surface area contributed by atoms with Crippen LogP contribution in [0.25, 0.3) is 0 Å². The second-order valence-corrected chi connectivity index (χ2v) is 5.53. The quantitative estimate of drug-likeness (QED) is 0.678. The fraction of sp³-hybridized carbons (Fsp3) is 1.00. The van der Waals surface area contributed by atoms with Crippen LogP contribution in [0, 0.1) is 11.8 Å². The Kier molecular flexibility index (Phi) is 7.11. The Balaban J connectivity index is 2.40. The van der Waals surface area contributed by atoms with Crippen molar-refractivity contribution in [3.8, 4) is 0 Å². The minimum atomic E-state index is 0.824. The molecule has 0 aliphatic heterocycles. The molecule has 1 rings (SSSR count). The van der Waals surface area contributed by atoms with Gasteiger partial charge < -0.3 is 5.32 Å². The van der Waals surface area contributed by atoms with Gasteiger partial charge in [0.1, 0.15) is 0 Å². The molecule has 0 bridgehead atoms. The van der Waals surface area contributed by atoms with E-state index in [-0.39, 0.29) is 0 Å². The fourth-order valence-electron chi connectivity index (χ4n) is 3.35. The molecule has 1 aliphatic rings. The van der Waals surface area contributed by atoms with Crippen LogP contribution < -0.4 is 5.32 Å². The van der Waals surface area contributed by atoms with E-state index in [1.165, 1.54) is 51.4 Å². The molecule has 0 aromatic carbocycles. The Morgan fingerprint density at radius 3 is 2.44 bits per heavy atom. The van der Waals surface area contributed by atoms with Gasteiger partial charge in [0.15, 0.2) is 0 Å². The lowest BCUT2D eigenvalue weighted by molar-refractivity contribution is 0.184. The van der Waals surface area contributed by atoms with Gasteiger partial charge in [-0.15, -0.1) is 0 Å². The third kappa shape index (κ3) is 4.45. The molecule has 1 N–H and O–H groups in total. The van der Waals surface area contributed by atoms with Crippen LogP contribution in [0.1, 0.15) is 72.1 Å². The SMILES string of the molecule is CCCCC1CC(CCC)CCC1NCC. The van der Waals surface area contributed by atoms with E-state index in [2.05, 4.69) is 26.1 Å². The summed E-state index contributed by atoms with van der Waals surface area (Å²) in [7, 11) is 0. The lowest BCUT2D eigenvalue weighted by atomic mass is 9.74. The molecule has 96 valence electrons. The van der Waals surface area contributed by atoms with Crippen LogP contribution in [-0.4, -0.2) is 12.6 Å². The van der Waals surface area contributed by atoms with E-state index in [4.69, 9.17) is 0 Å². The number of hydrogen-bond acceptors (Lipinski definition) is 1. The first-order valence-electron chi connectivity index (χ1n) is 7.55. The Hall–Kier alpha value is -0.0400. The molecule has 3 unspecified atom stereocenters. The largest absolute Gasteiger partial charge is 0.314 e. The molecule has 0 saturated heterocycles. The van der Waals surface area contributed by atoms with E-state index >= 15 is 0 Å². The summed E-state index contributed by atoms with van der Waals surface area (Å²) in [5.41, 5.74) is 0. The predicted molar refractivity (Wildman–Crippen MR) is 72.7 cm³/mol. The highest BCUT2D eigenvalue weighted by Gasteiger charge is 2.28. The zero-order chi connectivity index (χ0) is 11.8. The molecule has 16 heavy (non-hydrogen) atoms. The van der Waals surface area contributed by atoms with Crippen LogP contribution in [0.2, 0.25) is 0 Å². The number of hydrogen-bond donors (Lipinski definition) is 1. The third-order valence-corrected chi connectivity index (χ3v) is 4.18. The number of nitrogens with one attached hydrogen (secondary N) is 1. The van der Waals surface area contributed by atoms with Crippen LogP contribution >= 0.6 is 0 Å². The highest BCUT2D eigenvalue weighted by molar-refractivity contribution is 4.84. The second-order valence-electron chi connectivity index (χ2n) is 5.53. The summed E-state index contributed by atoms with van der Waals surface area (Å²) in [5.74, 6) is 1.99. The van der Waals surface area contributed by atoms with Crippen LogP contribution in [-0.2, 0) is 0 Å². The zero-order valence-corrected chi connectivity index (χ0v) is 11.6. The molecule has 1 fully saturated rings. The summed E-state index contributed by atoms with van der Waals surface area (Å²) in [6.45, 7) is 8.03. The predicted octanol–water partition coefficient (Wildman–Crippen LogP) is 4.37. The Bertz CT molecular complexity index is 167. The van der Waals surface area contributed by atoms with Crippen LogP contribution in [0.15, 0.2) is 0 Å². The van der Waals surface area contributed by atoms with E-state index in [0.29, 0.717) is 0 Å². The van der Waals surface area contributed by atoms with Crippen molar-refractivity contribution in [1.82, 2.24) is 5.32 Å². The molecule has 1 nitrogen and oxygen atoms in total. The van der Waals surface area contributed by atoms with Gasteiger partial charge >= 0.3 is 0 Å². The minimum Gasteiger partial charge on any atom is -0.314 e. The Morgan fingerprint density at radius 2 is 1.81 bits per heavy atom.